The Balaban J connectivity index is 1.90. The van der Waals surface area contributed by atoms with Crippen molar-refractivity contribution in [2.24, 2.45) is 0 Å². The first-order chi connectivity index (χ1) is 12.5. The molecule has 0 bridgehead atoms. The van der Waals surface area contributed by atoms with Gasteiger partial charge < -0.3 is 0 Å². The highest BCUT2D eigenvalue weighted by molar-refractivity contribution is 14.2. The van der Waals surface area contributed by atoms with Gasteiger partial charge >= 0.3 is 0 Å². The molecule has 2 aromatic carbocycles. The molecular weight excluding hydrogens is 483 g/mol. The van der Waals surface area contributed by atoms with Crippen LogP contribution in [0.1, 0.15) is 16.7 Å². The Kier molecular flexibility index (Phi) is 4.50. The van der Waals surface area contributed by atoms with Gasteiger partial charge in [0.1, 0.15) is 0 Å². The molecule has 5 nitrogen and oxygen atoms in total. The summed E-state index contributed by atoms with van der Waals surface area (Å²) in [6.07, 6.45) is 2.00. The summed E-state index contributed by atoms with van der Waals surface area (Å²) in [6, 6.07) is 11.1. The smallest absolute Gasteiger partial charge is 0.274 e. The van der Waals surface area contributed by atoms with Gasteiger partial charge in [-0.2, -0.15) is 5.26 Å². The lowest BCUT2D eigenvalue weighted by atomic mass is 10.1. The van der Waals surface area contributed by atoms with Crippen LogP contribution in [0.5, 0.6) is 0 Å². The number of hydrogen-bond acceptors (Lipinski definition) is 3. The highest BCUT2D eigenvalue weighted by Crippen LogP contribution is 2.34. The lowest BCUT2D eigenvalue weighted by Crippen LogP contribution is -2.17. The van der Waals surface area contributed by atoms with Crippen molar-refractivity contribution in [1.82, 2.24) is 13.8 Å². The van der Waals surface area contributed by atoms with Gasteiger partial charge in [-0.3, -0.25) is 13.9 Å². The minimum atomic E-state index is -0.162. The molecule has 0 unspecified atom stereocenters. The molecule has 0 radical (unpaired) electrons. The number of aryl methyl sites for hydroxylation is 1. The Labute approximate surface area is 170 Å². The van der Waals surface area contributed by atoms with Gasteiger partial charge in [-0.25, -0.2) is 4.68 Å². The van der Waals surface area contributed by atoms with Gasteiger partial charge in [0.05, 0.1) is 34.6 Å². The van der Waals surface area contributed by atoms with E-state index in [-0.39, 0.29) is 5.56 Å². The number of H-pyrrole nitrogens is 1. The molecular formula is C18H12ClIN4OS. The highest BCUT2D eigenvalue weighted by Gasteiger charge is 2.16. The lowest BCUT2D eigenvalue weighted by molar-refractivity contribution is 0.675. The van der Waals surface area contributed by atoms with Gasteiger partial charge in [-0.15, -0.1) is 0 Å². The predicted molar refractivity (Wildman–Crippen MR) is 115 cm³/mol. The topological polar surface area (TPSA) is 66.5 Å². The maximum absolute atomic E-state index is 12.7. The van der Waals surface area contributed by atoms with Crippen LogP contribution in [0.4, 0.5) is 0 Å². The van der Waals surface area contributed by atoms with E-state index in [0.29, 0.717) is 28.0 Å². The Hall–Kier alpha value is -1.89. The molecule has 0 saturated carbocycles. The Bertz CT molecular complexity index is 1260. The summed E-state index contributed by atoms with van der Waals surface area (Å²) in [5, 5.41) is 14.3. The van der Waals surface area contributed by atoms with Gasteiger partial charge in [0, 0.05) is 52.5 Å². The van der Waals surface area contributed by atoms with Crippen molar-refractivity contribution < 1.29 is 0 Å². The van der Waals surface area contributed by atoms with Crippen LogP contribution in [0.2, 0.25) is 5.02 Å². The molecule has 1 N–H and O–H groups in total. The molecule has 0 amide bonds. The maximum atomic E-state index is 12.7. The second-order valence-electron chi connectivity index (χ2n) is 6.00. The second-order valence-corrected chi connectivity index (χ2v) is 8.12. The van der Waals surface area contributed by atoms with E-state index in [1.807, 2.05) is 25.3 Å². The van der Waals surface area contributed by atoms with Gasteiger partial charge in [0.2, 0.25) is 0 Å². The minimum absolute atomic E-state index is 0.162. The third-order valence-electron chi connectivity index (χ3n) is 4.45. The molecule has 2 aromatic heterocycles. The van der Waals surface area contributed by atoms with Crippen LogP contribution in [0, 0.1) is 18.3 Å². The summed E-state index contributed by atoms with van der Waals surface area (Å²) < 4.78 is 3.62. The molecule has 0 aliphatic carbocycles. The van der Waals surface area contributed by atoms with Crippen LogP contribution in [0.15, 0.2) is 41.3 Å². The summed E-state index contributed by atoms with van der Waals surface area (Å²) in [5.74, 6) is 0. The van der Waals surface area contributed by atoms with Gasteiger partial charge in [0.15, 0.2) is 0 Å². The summed E-state index contributed by atoms with van der Waals surface area (Å²) in [4.78, 5) is 12.7. The van der Waals surface area contributed by atoms with Gasteiger partial charge in [-0.1, -0.05) is 11.6 Å². The van der Waals surface area contributed by atoms with E-state index in [4.69, 9.17) is 16.9 Å². The monoisotopic (exact) mass is 494 g/mol. The lowest BCUT2D eigenvalue weighted by Gasteiger charge is -2.10. The standard InChI is InChI=1S/C18H12ClIN4OS/c1-10-6-15(19)14(12-4-5-24(26-20)17(10)12)9-23-18(25)13-7-11(8-21)2-3-16(13)22-23/h2-7,22H,9H2,1H3. The number of rotatable bonds is 3. The van der Waals surface area contributed by atoms with E-state index in [1.54, 1.807) is 27.3 Å². The fourth-order valence-corrected chi connectivity index (χ4v) is 4.96. The molecule has 0 fully saturated rings. The zero-order chi connectivity index (χ0) is 18.4. The summed E-state index contributed by atoms with van der Waals surface area (Å²) in [7, 11) is 1.59. The number of nitriles is 1. The molecule has 2 heterocycles. The summed E-state index contributed by atoms with van der Waals surface area (Å²) in [5.41, 5.74) is 4.09. The predicted octanol–water partition coefficient (Wildman–Crippen LogP) is 5.01. The molecule has 0 atom stereocenters. The summed E-state index contributed by atoms with van der Waals surface area (Å²) >= 11 is 8.76. The van der Waals surface area contributed by atoms with Crippen molar-refractivity contribution >= 4 is 63.7 Å². The largest absolute Gasteiger partial charge is 0.295 e. The molecule has 4 rings (SSSR count). The van der Waals surface area contributed by atoms with Crippen molar-refractivity contribution in [1.29, 1.82) is 5.26 Å². The summed E-state index contributed by atoms with van der Waals surface area (Å²) in [6.45, 7) is 2.36. The van der Waals surface area contributed by atoms with Crippen LogP contribution < -0.4 is 5.56 Å². The number of aromatic nitrogens is 3. The third kappa shape index (κ3) is 2.73. The van der Waals surface area contributed by atoms with Crippen LogP contribution >= 0.6 is 41.9 Å². The Morgan fingerprint density at radius 2 is 2.12 bits per heavy atom. The fraction of sp³-hybridized carbons (Fsp3) is 0.111. The first-order valence-electron chi connectivity index (χ1n) is 7.74. The SMILES string of the molecule is Cc1cc(Cl)c(Cn2[nH]c3ccc(C#N)cc3c2=O)c2ccn(SI)c12. The van der Waals surface area contributed by atoms with Crippen LogP contribution in [0.25, 0.3) is 21.8 Å². The number of nitrogens with one attached hydrogen (secondary N) is 1. The third-order valence-corrected chi connectivity index (χ3v) is 6.52. The average molecular weight is 495 g/mol. The molecule has 0 aliphatic rings. The van der Waals surface area contributed by atoms with Crippen LogP contribution in [-0.2, 0) is 6.54 Å². The van der Waals surface area contributed by atoms with Gasteiger partial charge in [-0.05, 0) is 42.8 Å². The quantitative estimate of drug-likeness (QED) is 0.407. The number of nitrogens with zero attached hydrogens (tertiary/aromatic N) is 3. The van der Waals surface area contributed by atoms with Crippen molar-refractivity contribution in [2.75, 3.05) is 0 Å². The molecule has 130 valence electrons. The van der Waals surface area contributed by atoms with E-state index in [1.165, 1.54) is 4.68 Å². The maximum Gasteiger partial charge on any atom is 0.274 e. The Morgan fingerprint density at radius 1 is 1.31 bits per heavy atom. The molecule has 4 aromatic rings. The number of fused-ring (bicyclic) bond motifs is 2. The van der Waals surface area contributed by atoms with Crippen molar-refractivity contribution in [3.8, 4) is 6.07 Å². The number of hydrogen-bond donors (Lipinski definition) is 1. The fourth-order valence-electron chi connectivity index (χ4n) is 3.24. The van der Waals surface area contributed by atoms with E-state index in [0.717, 1.165) is 22.0 Å². The Morgan fingerprint density at radius 3 is 2.85 bits per heavy atom. The van der Waals surface area contributed by atoms with E-state index < -0.39 is 0 Å². The minimum Gasteiger partial charge on any atom is -0.295 e. The molecule has 0 aliphatic heterocycles. The average Bonchev–Trinajstić information content (AvgIpc) is 3.20. The normalized spacial score (nSPS) is 11.3. The highest BCUT2D eigenvalue weighted by atomic mass is 127. The van der Waals surface area contributed by atoms with E-state index >= 15 is 0 Å². The number of aromatic amines is 1. The first kappa shape index (κ1) is 17.5. The number of benzene rings is 2. The zero-order valence-corrected chi connectivity index (χ0v) is 17.3. The van der Waals surface area contributed by atoms with Crippen LogP contribution in [-0.4, -0.2) is 13.8 Å². The molecule has 26 heavy (non-hydrogen) atoms. The zero-order valence-electron chi connectivity index (χ0n) is 13.6. The first-order valence-corrected chi connectivity index (χ1v) is 11.4. The number of halogens is 2. The van der Waals surface area contributed by atoms with Crippen LogP contribution in [0.3, 0.4) is 0 Å². The molecule has 8 heteroatoms. The van der Waals surface area contributed by atoms with E-state index in [2.05, 4.69) is 36.3 Å². The van der Waals surface area contributed by atoms with Crippen molar-refractivity contribution in [3.05, 3.63) is 68.6 Å². The van der Waals surface area contributed by atoms with Crippen molar-refractivity contribution in [2.45, 2.75) is 13.5 Å². The van der Waals surface area contributed by atoms with E-state index in [9.17, 15) is 4.79 Å². The van der Waals surface area contributed by atoms with Crippen molar-refractivity contribution in [3.63, 3.8) is 0 Å². The molecule has 0 saturated heterocycles. The molecule has 0 spiro atoms. The second kappa shape index (κ2) is 6.68. The van der Waals surface area contributed by atoms with Gasteiger partial charge in [0.25, 0.3) is 5.56 Å².